The van der Waals surface area contributed by atoms with E-state index in [-0.39, 0.29) is 0 Å². The van der Waals surface area contributed by atoms with Crippen LogP contribution in [0.3, 0.4) is 0 Å². The molecule has 1 aromatic heterocycles. The zero-order chi connectivity index (χ0) is 19.2. The van der Waals surface area contributed by atoms with Gasteiger partial charge in [-0.15, -0.1) is 0 Å². The molecule has 0 aliphatic heterocycles. The number of hydrogen-bond acceptors (Lipinski definition) is 6. The maximum absolute atomic E-state index is 5.91. The summed E-state index contributed by atoms with van der Waals surface area (Å²) in [5, 5.41) is 8.12. The summed E-state index contributed by atoms with van der Waals surface area (Å²) < 4.78 is 21.5. The van der Waals surface area contributed by atoms with Gasteiger partial charge in [-0.25, -0.2) is 0 Å². The molecule has 7 heteroatoms. The van der Waals surface area contributed by atoms with Crippen molar-refractivity contribution in [3.05, 3.63) is 58.7 Å². The third-order valence-electron chi connectivity index (χ3n) is 4.05. The molecule has 142 valence electrons. The van der Waals surface area contributed by atoms with Crippen molar-refractivity contribution in [3.63, 3.8) is 0 Å². The van der Waals surface area contributed by atoms with Crippen molar-refractivity contribution in [2.45, 2.75) is 13.1 Å². The summed E-state index contributed by atoms with van der Waals surface area (Å²) in [5.74, 6) is 2.53. The van der Waals surface area contributed by atoms with Crippen LogP contribution in [0.25, 0.3) is 11.3 Å². The van der Waals surface area contributed by atoms with Gasteiger partial charge in [0.05, 0.1) is 27.0 Å². The number of halogens is 1. The number of hydrogen-bond donors (Lipinski definition) is 1. The number of rotatable bonds is 8. The highest BCUT2D eigenvalue weighted by Crippen LogP contribution is 2.38. The van der Waals surface area contributed by atoms with Crippen molar-refractivity contribution >= 4 is 11.6 Å². The molecule has 0 aliphatic rings. The Morgan fingerprint density at radius 2 is 1.59 bits per heavy atom. The van der Waals surface area contributed by atoms with E-state index in [1.54, 1.807) is 21.3 Å². The van der Waals surface area contributed by atoms with Gasteiger partial charge in [0, 0.05) is 29.7 Å². The van der Waals surface area contributed by atoms with Gasteiger partial charge in [0.25, 0.3) is 0 Å². The van der Waals surface area contributed by atoms with Gasteiger partial charge in [-0.1, -0.05) is 16.8 Å². The van der Waals surface area contributed by atoms with E-state index in [2.05, 4.69) is 10.5 Å². The zero-order valence-corrected chi connectivity index (χ0v) is 16.2. The van der Waals surface area contributed by atoms with Crippen molar-refractivity contribution in [2.24, 2.45) is 0 Å². The van der Waals surface area contributed by atoms with E-state index < -0.39 is 0 Å². The number of ether oxygens (including phenoxy) is 3. The van der Waals surface area contributed by atoms with Crippen LogP contribution < -0.4 is 19.5 Å². The van der Waals surface area contributed by atoms with Gasteiger partial charge >= 0.3 is 0 Å². The SMILES string of the molecule is COc1cc(CNCc2cc(-c3ccc(Cl)cc3)on2)cc(OC)c1OC. The topological polar surface area (TPSA) is 65.8 Å². The molecule has 1 N–H and O–H groups in total. The average Bonchev–Trinajstić information content (AvgIpc) is 3.16. The Kier molecular flexibility index (Phi) is 6.21. The second-order valence-corrected chi connectivity index (χ2v) is 6.26. The van der Waals surface area contributed by atoms with Crippen LogP contribution in [0.2, 0.25) is 5.02 Å². The van der Waals surface area contributed by atoms with Gasteiger partial charge in [0.1, 0.15) is 0 Å². The van der Waals surface area contributed by atoms with Crippen molar-refractivity contribution in [3.8, 4) is 28.6 Å². The number of nitrogens with zero attached hydrogens (tertiary/aromatic N) is 1. The van der Waals surface area contributed by atoms with Crippen LogP contribution in [0.4, 0.5) is 0 Å². The highest BCUT2D eigenvalue weighted by molar-refractivity contribution is 6.30. The average molecular weight is 389 g/mol. The summed E-state index contributed by atoms with van der Waals surface area (Å²) in [4.78, 5) is 0. The molecule has 0 fully saturated rings. The molecule has 3 aromatic rings. The number of aromatic nitrogens is 1. The van der Waals surface area contributed by atoms with Crippen LogP contribution in [0.15, 0.2) is 47.0 Å². The number of methoxy groups -OCH3 is 3. The summed E-state index contributed by atoms with van der Waals surface area (Å²) >= 11 is 5.91. The largest absolute Gasteiger partial charge is 0.493 e. The molecular formula is C20H21ClN2O4. The van der Waals surface area contributed by atoms with E-state index in [4.69, 9.17) is 30.3 Å². The molecule has 0 atom stereocenters. The third-order valence-corrected chi connectivity index (χ3v) is 4.30. The minimum Gasteiger partial charge on any atom is -0.493 e. The van der Waals surface area contributed by atoms with Crippen LogP contribution in [0.5, 0.6) is 17.2 Å². The monoisotopic (exact) mass is 388 g/mol. The predicted molar refractivity (Wildman–Crippen MR) is 104 cm³/mol. The molecule has 0 spiro atoms. The Bertz CT molecular complexity index is 868. The molecule has 0 unspecified atom stereocenters. The van der Waals surface area contributed by atoms with Gasteiger partial charge in [-0.05, 0) is 42.0 Å². The van der Waals surface area contributed by atoms with Crippen molar-refractivity contribution in [2.75, 3.05) is 21.3 Å². The molecule has 0 amide bonds. The summed E-state index contributed by atoms with van der Waals surface area (Å²) in [6.07, 6.45) is 0. The van der Waals surface area contributed by atoms with Gasteiger partial charge in [-0.2, -0.15) is 0 Å². The maximum Gasteiger partial charge on any atom is 0.203 e. The first-order chi connectivity index (χ1) is 13.1. The van der Waals surface area contributed by atoms with Gasteiger partial charge in [0.15, 0.2) is 17.3 Å². The molecule has 0 saturated carbocycles. The molecule has 6 nitrogen and oxygen atoms in total. The van der Waals surface area contributed by atoms with E-state index in [0.717, 1.165) is 16.8 Å². The highest BCUT2D eigenvalue weighted by Gasteiger charge is 2.13. The summed E-state index contributed by atoms with van der Waals surface area (Å²) in [7, 11) is 4.78. The second kappa shape index (κ2) is 8.79. The Balaban J connectivity index is 1.64. The molecule has 0 radical (unpaired) electrons. The first-order valence-electron chi connectivity index (χ1n) is 8.35. The molecular weight excluding hydrogens is 368 g/mol. The van der Waals surface area contributed by atoms with E-state index in [1.807, 2.05) is 42.5 Å². The molecule has 27 heavy (non-hydrogen) atoms. The van der Waals surface area contributed by atoms with Gasteiger partial charge in [0.2, 0.25) is 5.75 Å². The lowest BCUT2D eigenvalue weighted by Gasteiger charge is -2.14. The van der Waals surface area contributed by atoms with Crippen molar-refractivity contribution in [1.29, 1.82) is 0 Å². The van der Waals surface area contributed by atoms with E-state index in [0.29, 0.717) is 41.1 Å². The minimum atomic E-state index is 0.563. The Hall–Kier alpha value is -2.70. The maximum atomic E-state index is 5.91. The number of benzene rings is 2. The summed E-state index contributed by atoms with van der Waals surface area (Å²) in [6, 6.07) is 13.2. The van der Waals surface area contributed by atoms with Crippen LogP contribution >= 0.6 is 11.6 Å². The van der Waals surface area contributed by atoms with E-state index in [9.17, 15) is 0 Å². The fraction of sp³-hybridized carbons (Fsp3) is 0.250. The quantitative estimate of drug-likeness (QED) is 0.620. The fourth-order valence-electron chi connectivity index (χ4n) is 2.72. The molecule has 1 heterocycles. The van der Waals surface area contributed by atoms with Gasteiger partial charge in [-0.3, -0.25) is 0 Å². The molecule has 0 bridgehead atoms. The number of nitrogens with one attached hydrogen (secondary N) is 1. The zero-order valence-electron chi connectivity index (χ0n) is 15.4. The molecule has 0 saturated heterocycles. The normalized spacial score (nSPS) is 10.7. The van der Waals surface area contributed by atoms with Crippen LogP contribution in [0.1, 0.15) is 11.3 Å². The van der Waals surface area contributed by atoms with E-state index in [1.165, 1.54) is 0 Å². The van der Waals surface area contributed by atoms with Crippen LogP contribution in [-0.4, -0.2) is 26.5 Å². The van der Waals surface area contributed by atoms with Crippen molar-refractivity contribution < 1.29 is 18.7 Å². The standard InChI is InChI=1S/C20H21ClN2O4/c1-24-18-8-13(9-19(25-2)20(18)26-3)11-22-12-16-10-17(27-23-16)14-4-6-15(21)7-5-14/h4-10,22H,11-12H2,1-3H3. The second-order valence-electron chi connectivity index (χ2n) is 5.83. The first kappa shape index (κ1) is 19.1. The Morgan fingerprint density at radius 1 is 0.926 bits per heavy atom. The van der Waals surface area contributed by atoms with Crippen LogP contribution in [0, 0.1) is 0 Å². The third kappa shape index (κ3) is 4.53. The van der Waals surface area contributed by atoms with Gasteiger partial charge < -0.3 is 24.1 Å². The predicted octanol–water partition coefficient (Wildman–Crippen LogP) is 4.31. The Labute approximate surface area is 163 Å². The summed E-state index contributed by atoms with van der Waals surface area (Å²) in [5.41, 5.74) is 2.75. The smallest absolute Gasteiger partial charge is 0.203 e. The molecule has 0 aliphatic carbocycles. The first-order valence-corrected chi connectivity index (χ1v) is 8.73. The summed E-state index contributed by atoms with van der Waals surface area (Å²) in [6.45, 7) is 1.17. The van der Waals surface area contributed by atoms with E-state index >= 15 is 0 Å². The lowest BCUT2D eigenvalue weighted by molar-refractivity contribution is 0.323. The lowest BCUT2D eigenvalue weighted by atomic mass is 10.1. The minimum absolute atomic E-state index is 0.563. The fourth-order valence-corrected chi connectivity index (χ4v) is 2.84. The molecule has 2 aromatic carbocycles. The Morgan fingerprint density at radius 3 is 2.19 bits per heavy atom. The molecule has 3 rings (SSSR count). The van der Waals surface area contributed by atoms with Crippen molar-refractivity contribution in [1.82, 2.24) is 10.5 Å². The lowest BCUT2D eigenvalue weighted by Crippen LogP contribution is -2.13. The highest BCUT2D eigenvalue weighted by atomic mass is 35.5. The van der Waals surface area contributed by atoms with Crippen LogP contribution in [-0.2, 0) is 13.1 Å².